The molecule has 1 N–H and O–H groups in total. The summed E-state index contributed by atoms with van der Waals surface area (Å²) < 4.78 is 13.2. The normalized spacial score (nSPS) is 17.9. The van der Waals surface area contributed by atoms with Crippen molar-refractivity contribution in [3.63, 3.8) is 0 Å². The number of para-hydroxylation sites is 1. The minimum atomic E-state index is -1.94. The Balaban J connectivity index is 1.69. The molecule has 0 unspecified atom stereocenters. The van der Waals surface area contributed by atoms with E-state index in [0.29, 0.717) is 16.8 Å². The van der Waals surface area contributed by atoms with Crippen LogP contribution < -0.4 is 4.90 Å². The highest BCUT2D eigenvalue weighted by Crippen LogP contribution is 2.43. The molecule has 0 saturated heterocycles. The number of carbonyl (C=O) groups is 2. The Morgan fingerprint density at radius 1 is 1.03 bits per heavy atom. The van der Waals surface area contributed by atoms with Crippen LogP contribution in [0.3, 0.4) is 0 Å². The van der Waals surface area contributed by atoms with Gasteiger partial charge in [0.05, 0.1) is 18.7 Å². The van der Waals surface area contributed by atoms with Gasteiger partial charge in [-0.05, 0) is 49.2 Å². The first-order chi connectivity index (χ1) is 14.3. The summed E-state index contributed by atoms with van der Waals surface area (Å²) in [6.45, 7) is 3.91. The van der Waals surface area contributed by atoms with Crippen molar-refractivity contribution < 1.29 is 19.1 Å². The second-order valence-electron chi connectivity index (χ2n) is 7.81. The highest BCUT2D eigenvalue weighted by Gasteiger charge is 2.50. The fourth-order valence-electron chi connectivity index (χ4n) is 3.97. The molecule has 0 fully saturated rings. The Bertz CT molecular complexity index is 1140. The summed E-state index contributed by atoms with van der Waals surface area (Å²) in [6.07, 6.45) is -0.340. The van der Waals surface area contributed by atoms with Crippen LogP contribution in [-0.2, 0) is 16.9 Å². The largest absolute Gasteiger partial charge is 0.375 e. The number of rotatable bonds is 5. The summed E-state index contributed by atoms with van der Waals surface area (Å²) in [4.78, 5) is 27.8. The van der Waals surface area contributed by atoms with Gasteiger partial charge in [0.25, 0.3) is 5.91 Å². The molecule has 30 heavy (non-hydrogen) atoms. The lowest BCUT2D eigenvalue weighted by molar-refractivity contribution is -0.136. The Kier molecular flexibility index (Phi) is 5.00. The second kappa shape index (κ2) is 7.50. The maximum Gasteiger partial charge on any atom is 0.264 e. The molecule has 4 rings (SSSR count). The molecule has 0 radical (unpaired) electrons. The number of aliphatic hydroxyl groups is 1. The molecule has 1 aliphatic rings. The number of hydrogen-bond acceptors (Lipinski definition) is 3. The van der Waals surface area contributed by atoms with Crippen molar-refractivity contribution in [3.05, 3.63) is 100 Å². The van der Waals surface area contributed by atoms with E-state index in [1.165, 1.54) is 17.0 Å². The number of halogens is 1. The lowest BCUT2D eigenvalue weighted by atomic mass is 9.87. The maximum atomic E-state index is 13.3. The number of anilines is 1. The van der Waals surface area contributed by atoms with Gasteiger partial charge in [0, 0.05) is 11.1 Å². The number of fused-ring (bicyclic) bond motifs is 1. The predicted octanol–water partition coefficient (Wildman–Crippen LogP) is 4.45. The molecule has 3 aromatic rings. The van der Waals surface area contributed by atoms with Crippen molar-refractivity contribution in [3.8, 4) is 0 Å². The van der Waals surface area contributed by atoms with Crippen molar-refractivity contribution in [1.82, 2.24) is 0 Å². The summed E-state index contributed by atoms with van der Waals surface area (Å²) >= 11 is 0. The third-order valence-electron chi connectivity index (χ3n) is 5.60. The first kappa shape index (κ1) is 20.0. The smallest absolute Gasteiger partial charge is 0.264 e. The fourth-order valence-corrected chi connectivity index (χ4v) is 3.97. The lowest BCUT2D eigenvalue weighted by Gasteiger charge is -2.23. The van der Waals surface area contributed by atoms with E-state index >= 15 is 0 Å². The predicted molar refractivity (Wildman–Crippen MR) is 113 cm³/mol. The lowest BCUT2D eigenvalue weighted by Crippen LogP contribution is -2.41. The number of benzene rings is 3. The van der Waals surface area contributed by atoms with Crippen molar-refractivity contribution in [2.75, 3.05) is 4.90 Å². The number of aryl methyl sites for hydroxylation is 2. The van der Waals surface area contributed by atoms with Crippen molar-refractivity contribution in [2.24, 2.45) is 0 Å². The van der Waals surface area contributed by atoms with Crippen molar-refractivity contribution in [1.29, 1.82) is 0 Å². The molecule has 3 aromatic carbocycles. The standard InChI is InChI=1S/C25H22FNO3/c1-16-7-8-17(2)20(13-16)23(28)14-25(30)21-5-3-4-6-22(21)27(24(25)29)15-18-9-11-19(26)12-10-18/h3-13,30H,14-15H2,1-2H3/t25-/m0/s1. The molecular formula is C25H22FNO3. The summed E-state index contributed by atoms with van der Waals surface area (Å²) in [7, 11) is 0. The zero-order valence-corrected chi connectivity index (χ0v) is 16.9. The van der Waals surface area contributed by atoms with Crippen LogP contribution in [0.4, 0.5) is 10.1 Å². The molecule has 1 heterocycles. The summed E-state index contributed by atoms with van der Waals surface area (Å²) in [5.41, 5.74) is 2.00. The zero-order valence-electron chi connectivity index (χ0n) is 16.9. The van der Waals surface area contributed by atoms with Crippen molar-refractivity contribution >= 4 is 17.4 Å². The third kappa shape index (κ3) is 3.42. The third-order valence-corrected chi connectivity index (χ3v) is 5.60. The second-order valence-corrected chi connectivity index (χ2v) is 7.81. The minimum Gasteiger partial charge on any atom is -0.375 e. The number of amides is 1. The monoisotopic (exact) mass is 403 g/mol. The average molecular weight is 403 g/mol. The first-order valence-corrected chi connectivity index (χ1v) is 9.78. The zero-order chi connectivity index (χ0) is 21.5. The molecule has 5 heteroatoms. The Morgan fingerprint density at radius 2 is 1.73 bits per heavy atom. The van der Waals surface area contributed by atoms with Gasteiger partial charge in [-0.3, -0.25) is 9.59 Å². The van der Waals surface area contributed by atoms with E-state index in [1.54, 1.807) is 42.5 Å². The molecule has 1 atom stereocenters. The summed E-state index contributed by atoms with van der Waals surface area (Å²) in [5, 5.41) is 11.4. The van der Waals surface area contributed by atoms with E-state index < -0.39 is 11.5 Å². The average Bonchev–Trinajstić information content (AvgIpc) is 2.93. The van der Waals surface area contributed by atoms with Crippen molar-refractivity contribution in [2.45, 2.75) is 32.4 Å². The van der Waals surface area contributed by atoms with E-state index in [1.807, 2.05) is 26.0 Å². The highest BCUT2D eigenvalue weighted by molar-refractivity contribution is 6.11. The number of ketones is 1. The van der Waals surface area contributed by atoms with E-state index in [0.717, 1.165) is 16.7 Å². The van der Waals surface area contributed by atoms with Gasteiger partial charge < -0.3 is 10.0 Å². The molecule has 4 nitrogen and oxygen atoms in total. The highest BCUT2D eigenvalue weighted by atomic mass is 19.1. The van der Waals surface area contributed by atoms with Crippen LogP contribution in [0.25, 0.3) is 0 Å². The molecule has 0 saturated carbocycles. The number of carbonyl (C=O) groups excluding carboxylic acids is 2. The van der Waals surface area contributed by atoms with Gasteiger partial charge in [-0.2, -0.15) is 0 Å². The van der Waals surface area contributed by atoms with Crippen LogP contribution >= 0.6 is 0 Å². The number of hydrogen-bond donors (Lipinski definition) is 1. The quantitative estimate of drug-likeness (QED) is 0.641. The van der Waals surface area contributed by atoms with Crippen LogP contribution in [-0.4, -0.2) is 16.8 Å². The molecule has 0 aliphatic carbocycles. The Morgan fingerprint density at radius 3 is 2.47 bits per heavy atom. The van der Waals surface area contributed by atoms with Gasteiger partial charge in [0.1, 0.15) is 5.82 Å². The van der Waals surface area contributed by atoms with E-state index in [4.69, 9.17) is 0 Å². The molecule has 0 bridgehead atoms. The fraction of sp³-hybridized carbons (Fsp3) is 0.200. The van der Waals surface area contributed by atoms with Gasteiger partial charge >= 0.3 is 0 Å². The van der Waals surface area contributed by atoms with Crippen LogP contribution in [0.1, 0.15) is 39.0 Å². The van der Waals surface area contributed by atoms with Gasteiger partial charge in [-0.1, -0.05) is 48.0 Å². The van der Waals surface area contributed by atoms with Gasteiger partial charge in [0.15, 0.2) is 11.4 Å². The SMILES string of the molecule is Cc1ccc(C)c(C(=O)C[C@@]2(O)C(=O)N(Cc3ccc(F)cc3)c3ccccc32)c1. The minimum absolute atomic E-state index is 0.177. The molecular weight excluding hydrogens is 381 g/mol. The van der Waals surface area contributed by atoms with Crippen LogP contribution in [0.2, 0.25) is 0 Å². The number of nitrogens with zero attached hydrogens (tertiary/aromatic N) is 1. The molecule has 152 valence electrons. The Hall–Kier alpha value is -3.31. The molecule has 1 amide bonds. The molecule has 1 aliphatic heterocycles. The van der Waals surface area contributed by atoms with Crippen LogP contribution in [0.15, 0.2) is 66.7 Å². The Labute approximate surface area is 174 Å². The number of Topliss-reactive ketones (excluding diaryl/α,β-unsaturated/α-hetero) is 1. The molecule has 0 spiro atoms. The van der Waals surface area contributed by atoms with E-state index in [2.05, 4.69) is 0 Å². The summed E-state index contributed by atoms with van der Waals surface area (Å²) in [5.74, 6) is -1.19. The van der Waals surface area contributed by atoms with Crippen LogP contribution in [0.5, 0.6) is 0 Å². The van der Waals surface area contributed by atoms with E-state index in [9.17, 15) is 19.1 Å². The van der Waals surface area contributed by atoms with Gasteiger partial charge in [-0.25, -0.2) is 4.39 Å². The van der Waals surface area contributed by atoms with Crippen LogP contribution in [0, 0.1) is 19.7 Å². The van der Waals surface area contributed by atoms with Gasteiger partial charge in [0.2, 0.25) is 0 Å². The van der Waals surface area contributed by atoms with Gasteiger partial charge in [-0.15, -0.1) is 0 Å². The topological polar surface area (TPSA) is 57.6 Å². The first-order valence-electron chi connectivity index (χ1n) is 9.78. The summed E-state index contributed by atoms with van der Waals surface area (Å²) in [6, 6.07) is 18.4. The maximum absolute atomic E-state index is 13.3. The van der Waals surface area contributed by atoms with E-state index in [-0.39, 0.29) is 24.6 Å². The molecule has 0 aromatic heterocycles.